The summed E-state index contributed by atoms with van der Waals surface area (Å²) in [6, 6.07) is 5.04. The van der Waals surface area contributed by atoms with Crippen LogP contribution >= 0.6 is 0 Å². The molecular weight excluding hydrogens is 249 g/mol. The lowest BCUT2D eigenvalue weighted by molar-refractivity contribution is -0.107. The molecule has 0 bridgehead atoms. The standard InChI is InChI=1S/C14H20FNO3/c1-9-4-3-5-11(13(9)15)19-12-8-10(16)14(12)18-7-6-17-2/h3-5,10,12,14H,6-8,16H2,1-2H3. The molecule has 1 fully saturated rings. The van der Waals surface area contributed by atoms with E-state index in [-0.39, 0.29) is 29.8 Å². The molecule has 3 unspecified atom stereocenters. The van der Waals surface area contributed by atoms with Crippen LogP contribution in [0.4, 0.5) is 4.39 Å². The van der Waals surface area contributed by atoms with Crippen LogP contribution < -0.4 is 10.5 Å². The van der Waals surface area contributed by atoms with E-state index in [9.17, 15) is 4.39 Å². The van der Waals surface area contributed by atoms with Gasteiger partial charge in [-0.05, 0) is 18.6 Å². The molecule has 0 heterocycles. The van der Waals surface area contributed by atoms with Crippen LogP contribution in [0.25, 0.3) is 0 Å². The predicted octanol–water partition coefficient (Wildman–Crippen LogP) is 1.64. The van der Waals surface area contributed by atoms with Gasteiger partial charge in [-0.2, -0.15) is 0 Å². The van der Waals surface area contributed by atoms with Gasteiger partial charge in [-0.15, -0.1) is 0 Å². The van der Waals surface area contributed by atoms with E-state index in [0.29, 0.717) is 25.2 Å². The first kappa shape index (κ1) is 14.2. The van der Waals surface area contributed by atoms with E-state index in [1.807, 2.05) is 0 Å². The van der Waals surface area contributed by atoms with Gasteiger partial charge >= 0.3 is 0 Å². The maximum atomic E-state index is 13.8. The molecule has 0 radical (unpaired) electrons. The molecule has 1 aromatic carbocycles. The van der Waals surface area contributed by atoms with Crippen LogP contribution in [-0.2, 0) is 9.47 Å². The maximum Gasteiger partial charge on any atom is 0.167 e. The third kappa shape index (κ3) is 3.23. The van der Waals surface area contributed by atoms with Crippen molar-refractivity contribution in [3.8, 4) is 5.75 Å². The largest absolute Gasteiger partial charge is 0.485 e. The Hall–Kier alpha value is -1.17. The van der Waals surface area contributed by atoms with E-state index < -0.39 is 0 Å². The van der Waals surface area contributed by atoms with Crippen molar-refractivity contribution in [1.29, 1.82) is 0 Å². The Morgan fingerprint density at radius 2 is 2.16 bits per heavy atom. The van der Waals surface area contributed by atoms with Crippen molar-refractivity contribution in [2.75, 3.05) is 20.3 Å². The molecule has 0 aliphatic heterocycles. The van der Waals surface area contributed by atoms with E-state index in [1.54, 1.807) is 32.2 Å². The Balaban J connectivity index is 1.93. The van der Waals surface area contributed by atoms with Gasteiger partial charge in [0, 0.05) is 19.6 Å². The number of hydrogen-bond donors (Lipinski definition) is 1. The van der Waals surface area contributed by atoms with Crippen molar-refractivity contribution in [3.63, 3.8) is 0 Å². The lowest BCUT2D eigenvalue weighted by Gasteiger charge is -2.41. The maximum absolute atomic E-state index is 13.8. The fourth-order valence-electron chi connectivity index (χ4n) is 2.10. The number of halogens is 1. The lowest BCUT2D eigenvalue weighted by Crippen LogP contribution is -2.59. The lowest BCUT2D eigenvalue weighted by atomic mass is 9.86. The van der Waals surface area contributed by atoms with Gasteiger partial charge in [0.2, 0.25) is 0 Å². The number of aryl methyl sites for hydroxylation is 1. The third-order valence-corrected chi connectivity index (χ3v) is 3.33. The normalized spacial score (nSPS) is 26.0. The van der Waals surface area contributed by atoms with Gasteiger partial charge in [-0.3, -0.25) is 0 Å². The van der Waals surface area contributed by atoms with Gasteiger partial charge in [0.1, 0.15) is 12.2 Å². The highest BCUT2D eigenvalue weighted by molar-refractivity contribution is 5.30. The molecule has 4 nitrogen and oxygen atoms in total. The monoisotopic (exact) mass is 269 g/mol. The summed E-state index contributed by atoms with van der Waals surface area (Å²) in [7, 11) is 1.61. The molecule has 1 aliphatic rings. The molecule has 0 amide bonds. The average Bonchev–Trinajstić information content (AvgIpc) is 2.39. The second-order valence-electron chi connectivity index (χ2n) is 4.77. The van der Waals surface area contributed by atoms with E-state index >= 15 is 0 Å². The highest BCUT2D eigenvalue weighted by Crippen LogP contribution is 2.30. The smallest absolute Gasteiger partial charge is 0.167 e. The predicted molar refractivity (Wildman–Crippen MR) is 69.8 cm³/mol. The fraction of sp³-hybridized carbons (Fsp3) is 0.571. The molecule has 106 valence electrons. The molecule has 1 saturated carbocycles. The van der Waals surface area contributed by atoms with E-state index in [0.717, 1.165) is 0 Å². The molecule has 2 rings (SSSR count). The molecule has 0 spiro atoms. The molecule has 19 heavy (non-hydrogen) atoms. The van der Waals surface area contributed by atoms with Crippen LogP contribution in [-0.4, -0.2) is 38.6 Å². The van der Waals surface area contributed by atoms with Gasteiger partial charge in [0.05, 0.1) is 13.2 Å². The average molecular weight is 269 g/mol. The Kier molecular flexibility index (Phi) is 4.74. The first-order valence-electron chi connectivity index (χ1n) is 6.41. The highest BCUT2D eigenvalue weighted by atomic mass is 19.1. The SMILES string of the molecule is COCCOC1C(N)CC1Oc1cccc(C)c1F. The number of ether oxygens (including phenoxy) is 3. The van der Waals surface area contributed by atoms with Gasteiger partial charge < -0.3 is 19.9 Å². The summed E-state index contributed by atoms with van der Waals surface area (Å²) in [6.45, 7) is 2.68. The molecule has 0 saturated heterocycles. The summed E-state index contributed by atoms with van der Waals surface area (Å²) in [5, 5.41) is 0. The number of rotatable bonds is 6. The summed E-state index contributed by atoms with van der Waals surface area (Å²) in [4.78, 5) is 0. The van der Waals surface area contributed by atoms with Crippen LogP contribution in [0.2, 0.25) is 0 Å². The van der Waals surface area contributed by atoms with Crippen LogP contribution in [0, 0.1) is 12.7 Å². The summed E-state index contributed by atoms with van der Waals surface area (Å²) >= 11 is 0. The second kappa shape index (κ2) is 6.32. The summed E-state index contributed by atoms with van der Waals surface area (Å²) in [6.07, 6.45) is 0.281. The quantitative estimate of drug-likeness (QED) is 0.798. The highest BCUT2D eigenvalue weighted by Gasteiger charge is 2.41. The Bertz CT molecular complexity index is 427. The number of nitrogens with two attached hydrogens (primary N) is 1. The fourth-order valence-corrected chi connectivity index (χ4v) is 2.10. The number of methoxy groups -OCH3 is 1. The van der Waals surface area contributed by atoms with Gasteiger partial charge in [-0.1, -0.05) is 12.1 Å². The minimum atomic E-state index is -0.321. The van der Waals surface area contributed by atoms with Crippen molar-refractivity contribution < 1.29 is 18.6 Å². The van der Waals surface area contributed by atoms with Crippen molar-refractivity contribution in [3.05, 3.63) is 29.6 Å². The van der Waals surface area contributed by atoms with Crippen LogP contribution in [0.3, 0.4) is 0 Å². The van der Waals surface area contributed by atoms with Crippen molar-refractivity contribution in [2.24, 2.45) is 5.73 Å². The minimum absolute atomic E-state index is 0.0604. The number of hydrogen-bond acceptors (Lipinski definition) is 4. The van der Waals surface area contributed by atoms with E-state index in [4.69, 9.17) is 19.9 Å². The van der Waals surface area contributed by atoms with E-state index in [1.165, 1.54) is 0 Å². The Morgan fingerprint density at radius 3 is 2.84 bits per heavy atom. The summed E-state index contributed by atoms with van der Waals surface area (Å²) < 4.78 is 30.0. The van der Waals surface area contributed by atoms with Crippen molar-refractivity contribution >= 4 is 0 Å². The third-order valence-electron chi connectivity index (χ3n) is 3.33. The Labute approximate surface area is 112 Å². The molecule has 1 aliphatic carbocycles. The summed E-state index contributed by atoms with van der Waals surface area (Å²) in [5.41, 5.74) is 6.44. The minimum Gasteiger partial charge on any atom is -0.485 e. The van der Waals surface area contributed by atoms with Crippen molar-refractivity contribution in [2.45, 2.75) is 31.6 Å². The van der Waals surface area contributed by atoms with Crippen LogP contribution in [0.15, 0.2) is 18.2 Å². The molecule has 1 aromatic rings. The topological polar surface area (TPSA) is 53.7 Å². The van der Waals surface area contributed by atoms with Gasteiger partial charge in [-0.25, -0.2) is 4.39 Å². The first-order chi connectivity index (χ1) is 9.13. The molecule has 3 atom stereocenters. The molecule has 2 N–H and O–H groups in total. The van der Waals surface area contributed by atoms with Gasteiger partial charge in [0.25, 0.3) is 0 Å². The van der Waals surface area contributed by atoms with Crippen LogP contribution in [0.1, 0.15) is 12.0 Å². The first-order valence-corrected chi connectivity index (χ1v) is 6.41. The van der Waals surface area contributed by atoms with E-state index in [2.05, 4.69) is 0 Å². The molecule has 5 heteroatoms. The molecular formula is C14H20FNO3. The zero-order valence-electron chi connectivity index (χ0n) is 11.3. The summed E-state index contributed by atoms with van der Waals surface area (Å²) in [5.74, 6) is -0.0594. The zero-order chi connectivity index (χ0) is 13.8. The number of benzene rings is 1. The van der Waals surface area contributed by atoms with Crippen LogP contribution in [0.5, 0.6) is 5.75 Å². The molecule has 0 aromatic heterocycles. The van der Waals surface area contributed by atoms with Gasteiger partial charge in [0.15, 0.2) is 11.6 Å². The zero-order valence-corrected chi connectivity index (χ0v) is 11.3. The van der Waals surface area contributed by atoms with Crippen molar-refractivity contribution in [1.82, 2.24) is 0 Å². The second-order valence-corrected chi connectivity index (χ2v) is 4.77. The Morgan fingerprint density at radius 1 is 1.37 bits per heavy atom.